The van der Waals surface area contributed by atoms with Crippen molar-refractivity contribution in [2.45, 2.75) is 45.1 Å². The van der Waals surface area contributed by atoms with Crippen molar-refractivity contribution in [3.63, 3.8) is 0 Å². The first-order chi connectivity index (χ1) is 6.52. The monoisotopic (exact) mass is 202 g/mol. The van der Waals surface area contributed by atoms with Crippen molar-refractivity contribution in [1.82, 2.24) is 4.90 Å². The van der Waals surface area contributed by atoms with Crippen LogP contribution in [-0.4, -0.2) is 54.0 Å². The zero-order valence-corrected chi connectivity index (χ0v) is 9.31. The van der Waals surface area contributed by atoms with E-state index in [1.807, 2.05) is 20.8 Å². The van der Waals surface area contributed by atoms with E-state index in [0.29, 0.717) is 6.61 Å². The van der Waals surface area contributed by atoms with Crippen molar-refractivity contribution in [2.75, 3.05) is 19.7 Å². The van der Waals surface area contributed by atoms with Gasteiger partial charge in [-0.1, -0.05) is 0 Å². The quantitative estimate of drug-likeness (QED) is 0.665. The average Bonchev–Trinajstić information content (AvgIpc) is 2.16. The Morgan fingerprint density at radius 1 is 1.43 bits per heavy atom. The van der Waals surface area contributed by atoms with Crippen LogP contribution in [0, 0.1) is 0 Å². The van der Waals surface area contributed by atoms with Gasteiger partial charge in [0.1, 0.15) is 0 Å². The van der Waals surface area contributed by atoms with Gasteiger partial charge >= 0.3 is 0 Å². The lowest BCUT2D eigenvalue weighted by molar-refractivity contribution is -0.0651. The van der Waals surface area contributed by atoms with Crippen LogP contribution in [0.2, 0.25) is 0 Å². The molecule has 4 atom stereocenters. The van der Waals surface area contributed by atoms with Crippen LogP contribution in [0.25, 0.3) is 0 Å². The van der Waals surface area contributed by atoms with Crippen LogP contribution < -0.4 is 5.73 Å². The molecular weight excluding hydrogens is 180 g/mol. The van der Waals surface area contributed by atoms with E-state index in [9.17, 15) is 5.11 Å². The molecule has 0 saturated carbocycles. The van der Waals surface area contributed by atoms with Gasteiger partial charge in [-0.25, -0.2) is 0 Å². The van der Waals surface area contributed by atoms with E-state index < -0.39 is 0 Å². The number of rotatable bonds is 3. The summed E-state index contributed by atoms with van der Waals surface area (Å²) in [4.78, 5) is 2.24. The summed E-state index contributed by atoms with van der Waals surface area (Å²) in [6, 6.07) is 0.235. The van der Waals surface area contributed by atoms with Gasteiger partial charge in [-0.15, -0.1) is 0 Å². The second-order valence-corrected chi connectivity index (χ2v) is 4.24. The third kappa shape index (κ3) is 2.92. The number of hydrogen-bond donors (Lipinski definition) is 2. The fourth-order valence-electron chi connectivity index (χ4n) is 1.69. The first-order valence-electron chi connectivity index (χ1n) is 5.31. The Hall–Kier alpha value is -0.160. The number of ether oxygens (including phenoxy) is 1. The molecule has 1 aliphatic heterocycles. The van der Waals surface area contributed by atoms with Crippen molar-refractivity contribution in [3.05, 3.63) is 0 Å². The molecule has 0 spiro atoms. The van der Waals surface area contributed by atoms with Gasteiger partial charge in [-0.05, 0) is 20.8 Å². The van der Waals surface area contributed by atoms with Crippen molar-refractivity contribution in [3.8, 4) is 0 Å². The lowest BCUT2D eigenvalue weighted by Crippen LogP contribution is -2.54. The van der Waals surface area contributed by atoms with E-state index in [1.54, 1.807) is 0 Å². The Morgan fingerprint density at radius 2 is 2.07 bits per heavy atom. The molecule has 0 radical (unpaired) electrons. The molecule has 4 nitrogen and oxygen atoms in total. The smallest absolute Gasteiger partial charge is 0.0850 e. The normalized spacial score (nSPS) is 31.1. The molecule has 3 N–H and O–H groups in total. The van der Waals surface area contributed by atoms with Gasteiger partial charge in [0.25, 0.3) is 0 Å². The summed E-state index contributed by atoms with van der Waals surface area (Å²) < 4.78 is 5.55. The minimum Gasteiger partial charge on any atom is -0.392 e. The highest BCUT2D eigenvalue weighted by Crippen LogP contribution is 2.12. The van der Waals surface area contributed by atoms with E-state index in [0.717, 1.165) is 13.1 Å². The second-order valence-electron chi connectivity index (χ2n) is 4.24. The Balaban J connectivity index is 2.47. The molecule has 0 amide bonds. The summed E-state index contributed by atoms with van der Waals surface area (Å²) in [5.41, 5.74) is 5.79. The number of aliphatic hydroxyl groups is 1. The molecule has 1 fully saturated rings. The van der Waals surface area contributed by atoms with Gasteiger partial charge in [0.15, 0.2) is 0 Å². The zero-order valence-electron chi connectivity index (χ0n) is 9.31. The first kappa shape index (κ1) is 11.9. The number of aliphatic hydroxyl groups excluding tert-OH is 1. The Bertz CT molecular complexity index is 168. The standard InChI is InChI=1S/C10H22N2O2/c1-7(11)10-6-12(4-5-14-10)8(2)9(3)13/h7-10,13H,4-6,11H2,1-3H3. The van der Waals surface area contributed by atoms with E-state index in [4.69, 9.17) is 10.5 Å². The summed E-state index contributed by atoms with van der Waals surface area (Å²) in [5, 5.41) is 9.48. The molecule has 1 heterocycles. The molecule has 14 heavy (non-hydrogen) atoms. The van der Waals surface area contributed by atoms with Crippen molar-refractivity contribution in [2.24, 2.45) is 5.73 Å². The van der Waals surface area contributed by atoms with Gasteiger partial charge in [-0.3, -0.25) is 4.90 Å². The predicted molar refractivity (Wildman–Crippen MR) is 56.1 cm³/mol. The van der Waals surface area contributed by atoms with E-state index in [1.165, 1.54) is 0 Å². The topological polar surface area (TPSA) is 58.7 Å². The highest BCUT2D eigenvalue weighted by Gasteiger charge is 2.27. The summed E-state index contributed by atoms with van der Waals surface area (Å²) in [6.45, 7) is 8.23. The van der Waals surface area contributed by atoms with Crippen molar-refractivity contribution >= 4 is 0 Å². The number of nitrogens with two attached hydrogens (primary N) is 1. The van der Waals surface area contributed by atoms with Gasteiger partial charge in [0.05, 0.1) is 18.8 Å². The van der Waals surface area contributed by atoms with E-state index in [-0.39, 0.29) is 24.3 Å². The summed E-state index contributed by atoms with van der Waals surface area (Å²) in [7, 11) is 0. The van der Waals surface area contributed by atoms with Gasteiger partial charge in [0, 0.05) is 25.2 Å². The van der Waals surface area contributed by atoms with Gasteiger partial charge < -0.3 is 15.6 Å². The molecule has 0 aromatic heterocycles. The maximum Gasteiger partial charge on any atom is 0.0850 e. The van der Waals surface area contributed by atoms with E-state index >= 15 is 0 Å². The van der Waals surface area contributed by atoms with Crippen LogP contribution in [0.1, 0.15) is 20.8 Å². The Kier molecular flexibility index (Phi) is 4.31. The maximum absolute atomic E-state index is 9.48. The lowest BCUT2D eigenvalue weighted by Gasteiger charge is -2.39. The van der Waals surface area contributed by atoms with Crippen LogP contribution >= 0.6 is 0 Å². The third-order valence-electron chi connectivity index (χ3n) is 2.99. The molecule has 4 unspecified atom stereocenters. The van der Waals surface area contributed by atoms with Crippen LogP contribution in [0.5, 0.6) is 0 Å². The molecule has 1 saturated heterocycles. The fourth-order valence-corrected chi connectivity index (χ4v) is 1.69. The van der Waals surface area contributed by atoms with Crippen LogP contribution in [0.4, 0.5) is 0 Å². The molecule has 1 aliphatic rings. The van der Waals surface area contributed by atoms with Crippen LogP contribution in [0.3, 0.4) is 0 Å². The van der Waals surface area contributed by atoms with Crippen LogP contribution in [0.15, 0.2) is 0 Å². The molecule has 84 valence electrons. The van der Waals surface area contributed by atoms with Crippen LogP contribution in [-0.2, 0) is 4.74 Å². The third-order valence-corrected chi connectivity index (χ3v) is 2.99. The Morgan fingerprint density at radius 3 is 2.57 bits per heavy atom. The fraction of sp³-hybridized carbons (Fsp3) is 1.00. The number of nitrogens with zero attached hydrogens (tertiary/aromatic N) is 1. The lowest BCUT2D eigenvalue weighted by atomic mass is 10.1. The van der Waals surface area contributed by atoms with Crippen molar-refractivity contribution in [1.29, 1.82) is 0 Å². The largest absolute Gasteiger partial charge is 0.392 e. The minimum absolute atomic E-state index is 0.0546. The SMILES string of the molecule is CC(N)C1CN(C(C)C(C)O)CCO1. The van der Waals surface area contributed by atoms with Gasteiger partial charge in [0.2, 0.25) is 0 Å². The molecule has 0 aromatic rings. The predicted octanol–water partition coefficient (Wildman–Crippen LogP) is -0.196. The Labute approximate surface area is 86.0 Å². The minimum atomic E-state index is -0.304. The van der Waals surface area contributed by atoms with Gasteiger partial charge in [-0.2, -0.15) is 0 Å². The molecule has 1 rings (SSSR count). The summed E-state index contributed by atoms with van der Waals surface area (Å²) in [5.74, 6) is 0. The average molecular weight is 202 g/mol. The molecule has 0 aliphatic carbocycles. The number of morpholine rings is 1. The molecular formula is C10H22N2O2. The highest BCUT2D eigenvalue weighted by atomic mass is 16.5. The molecule has 0 aromatic carbocycles. The molecule has 4 heteroatoms. The second kappa shape index (κ2) is 5.07. The zero-order chi connectivity index (χ0) is 10.7. The number of hydrogen-bond acceptors (Lipinski definition) is 4. The maximum atomic E-state index is 9.48. The highest BCUT2D eigenvalue weighted by molar-refractivity contribution is 4.82. The van der Waals surface area contributed by atoms with E-state index in [2.05, 4.69) is 4.90 Å². The van der Waals surface area contributed by atoms with Crippen molar-refractivity contribution < 1.29 is 9.84 Å². The summed E-state index contributed by atoms with van der Waals surface area (Å²) in [6.07, 6.45) is -0.202. The first-order valence-corrected chi connectivity index (χ1v) is 5.31. The molecule has 0 bridgehead atoms. The summed E-state index contributed by atoms with van der Waals surface area (Å²) >= 11 is 0.